The number of carbonyl (C=O) groups is 1. The number of benzene rings is 1. The lowest BCUT2D eigenvalue weighted by atomic mass is 9.93. The van der Waals surface area contributed by atoms with Gasteiger partial charge in [-0.25, -0.2) is 13.9 Å². The topological polar surface area (TPSA) is 59.3 Å². The molecular formula is C20H23FN4O. The quantitative estimate of drug-likeness (QED) is 0.778. The zero-order valence-corrected chi connectivity index (χ0v) is 15.5. The first kappa shape index (κ1) is 18.0. The summed E-state index contributed by atoms with van der Waals surface area (Å²) in [5.74, 6) is -0.510. The summed E-state index contributed by atoms with van der Waals surface area (Å²) in [5.41, 5.74) is 3.74. The fourth-order valence-corrected chi connectivity index (χ4v) is 2.76. The summed E-state index contributed by atoms with van der Waals surface area (Å²) in [5, 5.41) is 7.53. The second-order valence-electron chi connectivity index (χ2n) is 7.33. The van der Waals surface area contributed by atoms with Crippen LogP contribution in [0.4, 0.5) is 4.39 Å². The fraction of sp³-hybridized carbons (Fsp3) is 0.350. The molecular weight excluding hydrogens is 331 g/mol. The number of halogens is 1. The molecule has 1 N–H and O–H groups in total. The van der Waals surface area contributed by atoms with Crippen molar-refractivity contribution < 1.29 is 9.18 Å². The number of hydrogen-bond donors (Lipinski definition) is 1. The molecule has 0 spiro atoms. The second-order valence-corrected chi connectivity index (χ2v) is 7.33. The Morgan fingerprint density at radius 2 is 1.92 bits per heavy atom. The van der Waals surface area contributed by atoms with Crippen molar-refractivity contribution in [3.63, 3.8) is 0 Å². The van der Waals surface area contributed by atoms with E-state index in [1.807, 2.05) is 13.0 Å². The van der Waals surface area contributed by atoms with Crippen molar-refractivity contribution in [2.45, 2.75) is 46.1 Å². The molecule has 0 saturated heterocycles. The molecule has 1 aromatic carbocycles. The first-order chi connectivity index (χ1) is 12.3. The van der Waals surface area contributed by atoms with Gasteiger partial charge in [0.25, 0.3) is 5.91 Å². The highest BCUT2D eigenvalue weighted by Crippen LogP contribution is 2.23. The smallest absolute Gasteiger partial charge is 0.254 e. The molecule has 26 heavy (non-hydrogen) atoms. The molecule has 1 amide bonds. The normalized spacial score (nSPS) is 11.7. The number of rotatable bonds is 4. The highest BCUT2D eigenvalue weighted by molar-refractivity contribution is 5.95. The fourth-order valence-electron chi connectivity index (χ4n) is 2.76. The summed E-state index contributed by atoms with van der Waals surface area (Å²) in [6.45, 7) is 8.60. The van der Waals surface area contributed by atoms with Gasteiger partial charge in [0.05, 0.1) is 17.0 Å². The van der Waals surface area contributed by atoms with Gasteiger partial charge in [0.1, 0.15) is 5.82 Å². The van der Waals surface area contributed by atoms with Gasteiger partial charge in [-0.2, -0.15) is 5.10 Å². The highest BCUT2D eigenvalue weighted by Gasteiger charge is 2.21. The Hall–Kier alpha value is -2.76. The molecule has 0 saturated carbocycles. The number of carbonyl (C=O) groups excluding carboxylic acids is 1. The van der Waals surface area contributed by atoms with Crippen molar-refractivity contribution >= 4 is 11.6 Å². The molecule has 0 aliphatic rings. The molecule has 3 rings (SSSR count). The van der Waals surface area contributed by atoms with Gasteiger partial charge in [-0.3, -0.25) is 4.79 Å². The first-order valence-corrected chi connectivity index (χ1v) is 8.70. The van der Waals surface area contributed by atoms with Crippen LogP contribution in [0.5, 0.6) is 0 Å². The standard InChI is InChI=1S/C20H23FN4O/c1-5-16-15(19(26)23-11-13-6-8-14(21)9-7-13)12-22-18-10-17(20(2,3)4)24-25(16)18/h6-10,12H,5,11H2,1-4H3,(H,23,26). The van der Waals surface area contributed by atoms with E-state index in [1.165, 1.54) is 12.1 Å². The molecule has 0 atom stereocenters. The van der Waals surface area contributed by atoms with Crippen LogP contribution < -0.4 is 5.32 Å². The lowest BCUT2D eigenvalue weighted by molar-refractivity contribution is 0.0949. The van der Waals surface area contributed by atoms with E-state index in [-0.39, 0.29) is 17.1 Å². The minimum absolute atomic E-state index is 0.0935. The van der Waals surface area contributed by atoms with E-state index in [2.05, 4.69) is 36.2 Å². The lowest BCUT2D eigenvalue weighted by Crippen LogP contribution is -2.25. The van der Waals surface area contributed by atoms with E-state index in [0.29, 0.717) is 18.5 Å². The van der Waals surface area contributed by atoms with Gasteiger partial charge in [-0.05, 0) is 24.1 Å². The van der Waals surface area contributed by atoms with E-state index in [9.17, 15) is 9.18 Å². The molecule has 0 bridgehead atoms. The van der Waals surface area contributed by atoms with Crippen LogP contribution in [0.15, 0.2) is 36.5 Å². The summed E-state index contributed by atoms with van der Waals surface area (Å²) in [6.07, 6.45) is 2.26. The van der Waals surface area contributed by atoms with E-state index < -0.39 is 0 Å². The van der Waals surface area contributed by atoms with Gasteiger partial charge in [0, 0.05) is 24.2 Å². The zero-order valence-electron chi connectivity index (χ0n) is 15.5. The third-order valence-corrected chi connectivity index (χ3v) is 4.30. The lowest BCUT2D eigenvalue weighted by Gasteiger charge is -2.14. The summed E-state index contributed by atoms with van der Waals surface area (Å²) in [7, 11) is 0. The molecule has 0 aliphatic heterocycles. The van der Waals surface area contributed by atoms with Gasteiger partial charge >= 0.3 is 0 Å². The third kappa shape index (κ3) is 3.59. The van der Waals surface area contributed by atoms with Gasteiger partial charge < -0.3 is 5.32 Å². The molecule has 0 aliphatic carbocycles. The Kier molecular flexibility index (Phi) is 4.76. The van der Waals surface area contributed by atoms with E-state index in [0.717, 1.165) is 22.6 Å². The Morgan fingerprint density at radius 1 is 1.23 bits per heavy atom. The van der Waals surface area contributed by atoms with Crippen LogP contribution in [0.1, 0.15) is 55.0 Å². The van der Waals surface area contributed by atoms with Gasteiger partial charge in [0.15, 0.2) is 5.65 Å². The predicted molar refractivity (Wildman–Crippen MR) is 98.6 cm³/mol. The van der Waals surface area contributed by atoms with Crippen LogP contribution in [0.25, 0.3) is 5.65 Å². The average Bonchev–Trinajstić information content (AvgIpc) is 3.04. The maximum absolute atomic E-state index is 13.0. The molecule has 5 nitrogen and oxygen atoms in total. The van der Waals surface area contributed by atoms with E-state index in [1.54, 1.807) is 22.8 Å². The second kappa shape index (κ2) is 6.86. The number of hydrogen-bond acceptors (Lipinski definition) is 3. The van der Waals surface area contributed by atoms with Crippen molar-refractivity contribution in [3.8, 4) is 0 Å². The first-order valence-electron chi connectivity index (χ1n) is 8.70. The molecule has 0 unspecified atom stereocenters. The Balaban J connectivity index is 1.88. The summed E-state index contributed by atoms with van der Waals surface area (Å²) < 4.78 is 14.7. The van der Waals surface area contributed by atoms with Gasteiger partial charge in [0.2, 0.25) is 0 Å². The number of amides is 1. The monoisotopic (exact) mass is 354 g/mol. The van der Waals surface area contributed by atoms with E-state index >= 15 is 0 Å². The van der Waals surface area contributed by atoms with Gasteiger partial charge in [-0.15, -0.1) is 0 Å². The van der Waals surface area contributed by atoms with Crippen molar-refractivity contribution in [3.05, 3.63) is 64.9 Å². The van der Waals surface area contributed by atoms with Crippen LogP contribution in [0, 0.1) is 5.82 Å². The molecule has 0 fully saturated rings. The summed E-state index contributed by atoms with van der Waals surface area (Å²) in [6, 6.07) is 8.02. The Labute approximate surface area is 152 Å². The maximum atomic E-state index is 13.0. The number of aryl methyl sites for hydroxylation is 1. The number of nitrogens with one attached hydrogen (secondary N) is 1. The van der Waals surface area contributed by atoms with E-state index in [4.69, 9.17) is 0 Å². The zero-order chi connectivity index (χ0) is 18.9. The molecule has 2 heterocycles. The van der Waals surface area contributed by atoms with Crippen LogP contribution in [-0.4, -0.2) is 20.5 Å². The number of nitrogens with zero attached hydrogens (tertiary/aromatic N) is 3. The summed E-state index contributed by atoms with van der Waals surface area (Å²) in [4.78, 5) is 17.0. The largest absolute Gasteiger partial charge is 0.348 e. The van der Waals surface area contributed by atoms with Gasteiger partial charge in [-0.1, -0.05) is 39.8 Å². The van der Waals surface area contributed by atoms with Crippen LogP contribution in [-0.2, 0) is 18.4 Å². The molecule has 136 valence electrons. The van der Waals surface area contributed by atoms with Crippen molar-refractivity contribution in [2.75, 3.05) is 0 Å². The van der Waals surface area contributed by atoms with Crippen LogP contribution in [0.2, 0.25) is 0 Å². The Bertz CT molecular complexity index is 939. The van der Waals surface area contributed by atoms with Crippen LogP contribution >= 0.6 is 0 Å². The predicted octanol–water partition coefficient (Wildman–Crippen LogP) is 3.66. The maximum Gasteiger partial charge on any atom is 0.254 e. The minimum Gasteiger partial charge on any atom is -0.348 e. The molecule has 2 aromatic heterocycles. The molecule has 3 aromatic rings. The number of fused-ring (bicyclic) bond motifs is 1. The van der Waals surface area contributed by atoms with Crippen molar-refractivity contribution in [2.24, 2.45) is 0 Å². The van der Waals surface area contributed by atoms with Crippen molar-refractivity contribution in [1.29, 1.82) is 0 Å². The third-order valence-electron chi connectivity index (χ3n) is 4.30. The highest BCUT2D eigenvalue weighted by atomic mass is 19.1. The molecule has 6 heteroatoms. The Morgan fingerprint density at radius 3 is 2.54 bits per heavy atom. The minimum atomic E-state index is -0.295. The number of aromatic nitrogens is 3. The average molecular weight is 354 g/mol. The SMILES string of the molecule is CCc1c(C(=O)NCc2ccc(F)cc2)cnc2cc(C(C)(C)C)nn12. The summed E-state index contributed by atoms with van der Waals surface area (Å²) >= 11 is 0. The van der Waals surface area contributed by atoms with Crippen molar-refractivity contribution in [1.82, 2.24) is 19.9 Å². The van der Waals surface area contributed by atoms with Crippen LogP contribution in [0.3, 0.4) is 0 Å². The molecule has 0 radical (unpaired) electrons.